The summed E-state index contributed by atoms with van der Waals surface area (Å²) in [6.45, 7) is 1.28. The predicted molar refractivity (Wildman–Crippen MR) is 96.9 cm³/mol. The fourth-order valence-electron chi connectivity index (χ4n) is 1.54. The van der Waals surface area contributed by atoms with Gasteiger partial charge in [-0.25, -0.2) is 0 Å². The third kappa shape index (κ3) is 9.51. The van der Waals surface area contributed by atoms with Crippen LogP contribution in [0.3, 0.4) is 0 Å². The number of nitrogens with zero attached hydrogens (tertiary/aromatic N) is 1. The summed E-state index contributed by atoms with van der Waals surface area (Å²) in [5.74, 6) is 3.76. The van der Waals surface area contributed by atoms with Gasteiger partial charge in [-0.05, 0) is 24.5 Å². The van der Waals surface area contributed by atoms with E-state index in [9.17, 15) is 13.2 Å². The third-order valence-electron chi connectivity index (χ3n) is 2.55. The summed E-state index contributed by atoms with van der Waals surface area (Å²) in [5, 5.41) is 0. The predicted octanol–water partition coefficient (Wildman–Crippen LogP) is 3.76. The first-order chi connectivity index (χ1) is 11.4. The number of hydrogen-bond acceptors (Lipinski definition) is 5. The van der Waals surface area contributed by atoms with Crippen molar-refractivity contribution in [2.45, 2.75) is 11.3 Å². The molecule has 0 unspecified atom stereocenters. The molecule has 2 N–H and O–H groups in total. The van der Waals surface area contributed by atoms with Crippen LogP contribution in [0, 0.1) is 25.2 Å². The Morgan fingerprint density at radius 1 is 1.33 bits per heavy atom. The standard InChI is InChI=1S/C14H17F3N2OS2.C2H2/c1-3-6-19(7-8-21-2)10-22-13-9-11(4-5-12(13)18)20-14(15,16)17;1-2/h1,4-5,9H,6-8,10,18H2,2H3;1-2H. The molecule has 0 radical (unpaired) electrons. The zero-order valence-electron chi connectivity index (χ0n) is 13.2. The Bertz CT molecular complexity index is 556. The topological polar surface area (TPSA) is 38.5 Å². The quantitative estimate of drug-likeness (QED) is 0.324. The van der Waals surface area contributed by atoms with Crippen LogP contribution in [0.2, 0.25) is 0 Å². The van der Waals surface area contributed by atoms with Crippen molar-refractivity contribution in [2.24, 2.45) is 0 Å². The van der Waals surface area contributed by atoms with Crippen LogP contribution in [0.4, 0.5) is 18.9 Å². The van der Waals surface area contributed by atoms with Crippen molar-refractivity contribution in [3.8, 4) is 30.9 Å². The van der Waals surface area contributed by atoms with Crippen LogP contribution in [-0.2, 0) is 0 Å². The maximum atomic E-state index is 12.2. The van der Waals surface area contributed by atoms with Gasteiger partial charge >= 0.3 is 6.36 Å². The fourth-order valence-corrected chi connectivity index (χ4v) is 2.95. The highest BCUT2D eigenvalue weighted by molar-refractivity contribution is 7.99. The highest BCUT2D eigenvalue weighted by atomic mass is 32.2. The van der Waals surface area contributed by atoms with Gasteiger partial charge in [-0.1, -0.05) is 5.92 Å². The molecule has 1 aromatic rings. The lowest BCUT2D eigenvalue weighted by Crippen LogP contribution is -2.26. The molecular formula is C16H19F3N2OS2. The number of hydrogen-bond donors (Lipinski definition) is 1. The minimum Gasteiger partial charge on any atom is -0.406 e. The van der Waals surface area contributed by atoms with E-state index in [2.05, 4.69) is 23.5 Å². The number of ether oxygens (including phenoxy) is 1. The molecule has 0 aliphatic carbocycles. The monoisotopic (exact) mass is 376 g/mol. The van der Waals surface area contributed by atoms with Gasteiger partial charge in [0.2, 0.25) is 0 Å². The highest BCUT2D eigenvalue weighted by Gasteiger charge is 2.31. The summed E-state index contributed by atoms with van der Waals surface area (Å²) in [7, 11) is 0. The summed E-state index contributed by atoms with van der Waals surface area (Å²) in [4.78, 5) is 2.56. The summed E-state index contributed by atoms with van der Waals surface area (Å²) in [5.41, 5.74) is 6.20. The largest absolute Gasteiger partial charge is 0.573 e. The molecular weight excluding hydrogens is 357 g/mol. The van der Waals surface area contributed by atoms with E-state index in [-0.39, 0.29) is 5.75 Å². The van der Waals surface area contributed by atoms with Crippen molar-refractivity contribution in [3.05, 3.63) is 18.2 Å². The molecule has 3 nitrogen and oxygen atoms in total. The van der Waals surface area contributed by atoms with Crippen molar-refractivity contribution in [2.75, 3.05) is 36.7 Å². The van der Waals surface area contributed by atoms with Gasteiger partial charge in [-0.2, -0.15) is 11.8 Å². The number of rotatable bonds is 8. The number of nitrogens with two attached hydrogens (primary N) is 1. The first-order valence-electron chi connectivity index (χ1n) is 6.62. The summed E-state index contributed by atoms with van der Waals surface area (Å²) in [6, 6.07) is 3.88. The van der Waals surface area contributed by atoms with Crippen LogP contribution >= 0.6 is 23.5 Å². The van der Waals surface area contributed by atoms with Gasteiger partial charge in [0.05, 0.1) is 12.4 Å². The lowest BCUT2D eigenvalue weighted by Gasteiger charge is -2.19. The first kappa shape index (κ1) is 22.4. The van der Waals surface area contributed by atoms with Crippen LogP contribution in [0.5, 0.6) is 5.75 Å². The molecule has 0 saturated heterocycles. The van der Waals surface area contributed by atoms with Crippen molar-refractivity contribution in [1.29, 1.82) is 0 Å². The number of halogens is 3. The van der Waals surface area contributed by atoms with Gasteiger partial charge < -0.3 is 10.5 Å². The number of nitrogen functional groups attached to an aromatic ring is 1. The van der Waals surface area contributed by atoms with E-state index in [0.29, 0.717) is 23.0 Å². The summed E-state index contributed by atoms with van der Waals surface area (Å²) in [6.07, 6.45) is 10.6. The molecule has 0 amide bonds. The van der Waals surface area contributed by atoms with Crippen LogP contribution < -0.4 is 10.5 Å². The molecule has 1 aromatic carbocycles. The number of alkyl halides is 3. The van der Waals surface area contributed by atoms with Gasteiger partial charge in [0.15, 0.2) is 0 Å². The maximum absolute atomic E-state index is 12.2. The molecule has 0 aromatic heterocycles. The van der Waals surface area contributed by atoms with Crippen LogP contribution in [0.1, 0.15) is 0 Å². The van der Waals surface area contributed by atoms with Crippen molar-refractivity contribution < 1.29 is 17.9 Å². The fraction of sp³-hybridized carbons (Fsp3) is 0.375. The second-order valence-electron chi connectivity index (χ2n) is 4.27. The lowest BCUT2D eigenvalue weighted by molar-refractivity contribution is -0.274. The number of terminal acetylenes is 2. The van der Waals surface area contributed by atoms with Gasteiger partial charge in [0.1, 0.15) is 5.75 Å². The number of thioether (sulfide) groups is 2. The third-order valence-corrected chi connectivity index (χ3v) is 4.30. The molecule has 8 heteroatoms. The van der Waals surface area contributed by atoms with Crippen molar-refractivity contribution in [3.63, 3.8) is 0 Å². The highest BCUT2D eigenvalue weighted by Crippen LogP contribution is 2.32. The minimum absolute atomic E-state index is 0.281. The van der Waals surface area contributed by atoms with E-state index in [4.69, 9.17) is 12.2 Å². The Labute approximate surface area is 149 Å². The zero-order chi connectivity index (χ0) is 18.6. The molecule has 1 rings (SSSR count). The Hall–Kier alpha value is -1.61. The Kier molecular flexibility index (Phi) is 11.1. The number of benzene rings is 1. The second kappa shape index (κ2) is 11.9. The Morgan fingerprint density at radius 3 is 2.54 bits per heavy atom. The molecule has 24 heavy (non-hydrogen) atoms. The van der Waals surface area contributed by atoms with E-state index in [1.54, 1.807) is 11.8 Å². The van der Waals surface area contributed by atoms with Crippen LogP contribution in [0.15, 0.2) is 23.1 Å². The Balaban J connectivity index is 0.00000254. The average Bonchev–Trinajstić information content (AvgIpc) is 2.53. The molecule has 0 saturated carbocycles. The molecule has 0 fully saturated rings. The molecule has 0 aliphatic heterocycles. The van der Waals surface area contributed by atoms with Gasteiger partial charge in [0.25, 0.3) is 0 Å². The van der Waals surface area contributed by atoms with E-state index < -0.39 is 6.36 Å². The normalized spacial score (nSPS) is 10.6. The molecule has 132 valence electrons. The van der Waals surface area contributed by atoms with Gasteiger partial charge in [-0.3, -0.25) is 4.90 Å². The molecule has 0 atom stereocenters. The zero-order valence-corrected chi connectivity index (χ0v) is 14.8. The Morgan fingerprint density at radius 2 is 2.00 bits per heavy atom. The lowest BCUT2D eigenvalue weighted by atomic mass is 10.3. The molecule has 0 bridgehead atoms. The van der Waals surface area contributed by atoms with Crippen LogP contribution in [-0.4, -0.2) is 42.2 Å². The SMILES string of the molecule is C#C.C#CCN(CCSC)CSc1cc(OC(F)(F)F)ccc1N. The van der Waals surface area contributed by atoms with Crippen molar-refractivity contribution >= 4 is 29.2 Å². The van der Waals surface area contributed by atoms with E-state index in [1.807, 2.05) is 11.2 Å². The minimum atomic E-state index is -4.72. The first-order valence-corrected chi connectivity index (χ1v) is 9.00. The van der Waals surface area contributed by atoms with Gasteiger partial charge in [0, 0.05) is 22.9 Å². The molecule has 0 aliphatic rings. The molecule has 0 spiro atoms. The second-order valence-corrected chi connectivity index (χ2v) is 6.24. The summed E-state index contributed by atoms with van der Waals surface area (Å²) < 4.78 is 40.6. The maximum Gasteiger partial charge on any atom is 0.573 e. The van der Waals surface area contributed by atoms with Gasteiger partial charge in [-0.15, -0.1) is 44.2 Å². The number of anilines is 1. The average molecular weight is 376 g/mol. The van der Waals surface area contributed by atoms with E-state index in [1.165, 1.54) is 30.0 Å². The smallest absolute Gasteiger partial charge is 0.406 e. The van der Waals surface area contributed by atoms with E-state index >= 15 is 0 Å². The van der Waals surface area contributed by atoms with Crippen molar-refractivity contribution in [1.82, 2.24) is 4.90 Å². The van der Waals surface area contributed by atoms with E-state index in [0.717, 1.165) is 12.3 Å². The molecule has 0 heterocycles. The summed E-state index contributed by atoms with van der Waals surface area (Å²) >= 11 is 3.03. The van der Waals surface area contributed by atoms with Crippen LogP contribution in [0.25, 0.3) is 0 Å².